The molecule has 1 N–H and O–H groups in total. The number of thioether (sulfide) groups is 1. The average Bonchev–Trinajstić information content (AvgIpc) is 3.13. The normalized spacial score (nSPS) is 10.8. The van der Waals surface area contributed by atoms with Crippen molar-refractivity contribution in [3.8, 4) is 10.4 Å². The molecule has 2 heterocycles. The lowest BCUT2D eigenvalue weighted by Gasteiger charge is -2.04. The summed E-state index contributed by atoms with van der Waals surface area (Å²) in [6, 6.07) is 21.8. The third-order valence-electron chi connectivity index (χ3n) is 3.75. The highest BCUT2D eigenvalue weighted by Gasteiger charge is 2.12. The van der Waals surface area contributed by atoms with E-state index in [-0.39, 0.29) is 5.91 Å². The Hall–Kier alpha value is -2.70. The molecule has 0 spiro atoms. The van der Waals surface area contributed by atoms with Gasteiger partial charge in [-0.1, -0.05) is 60.3 Å². The van der Waals surface area contributed by atoms with E-state index in [0.29, 0.717) is 5.75 Å². The summed E-state index contributed by atoms with van der Waals surface area (Å²) in [5.41, 5.74) is 1.96. The van der Waals surface area contributed by atoms with E-state index in [1.54, 1.807) is 17.7 Å². The van der Waals surface area contributed by atoms with Crippen LogP contribution in [0, 0.1) is 0 Å². The molecular weight excluding hydrogens is 362 g/mol. The minimum atomic E-state index is -0.0496. The Labute approximate surface area is 159 Å². The van der Waals surface area contributed by atoms with Gasteiger partial charge in [0.05, 0.1) is 5.75 Å². The van der Waals surface area contributed by atoms with Crippen molar-refractivity contribution in [3.05, 3.63) is 73.1 Å². The molecule has 4 nitrogen and oxygen atoms in total. The Morgan fingerprint density at radius 3 is 2.50 bits per heavy atom. The second-order valence-corrected chi connectivity index (χ2v) is 7.57. The lowest BCUT2D eigenvalue weighted by atomic mass is 10.2. The predicted molar refractivity (Wildman–Crippen MR) is 109 cm³/mol. The van der Waals surface area contributed by atoms with Crippen molar-refractivity contribution < 1.29 is 4.79 Å². The van der Waals surface area contributed by atoms with Crippen LogP contribution in [0.15, 0.2) is 78.1 Å². The number of rotatable bonds is 5. The van der Waals surface area contributed by atoms with E-state index in [2.05, 4.69) is 33.5 Å². The molecule has 4 rings (SSSR count). The molecule has 0 unspecified atom stereocenters. The number of carbonyl (C=O) groups excluding carboxylic acids is 1. The Kier molecular flexibility index (Phi) is 4.95. The number of benzene rings is 2. The number of nitrogens with one attached hydrogen (secondary N) is 1. The van der Waals surface area contributed by atoms with E-state index < -0.39 is 0 Å². The summed E-state index contributed by atoms with van der Waals surface area (Å²) >= 11 is 3.07. The zero-order chi connectivity index (χ0) is 17.8. The van der Waals surface area contributed by atoms with Crippen LogP contribution in [0.5, 0.6) is 0 Å². The van der Waals surface area contributed by atoms with Gasteiger partial charge in [0, 0.05) is 16.0 Å². The number of carbonyl (C=O) groups is 1. The van der Waals surface area contributed by atoms with Gasteiger partial charge in [0.25, 0.3) is 0 Å². The quantitative estimate of drug-likeness (QED) is 0.389. The zero-order valence-electron chi connectivity index (χ0n) is 13.8. The number of aromatic nitrogens is 2. The number of hydrogen-bond donors (Lipinski definition) is 1. The molecule has 0 bridgehead atoms. The summed E-state index contributed by atoms with van der Waals surface area (Å²) < 4.78 is 0. The van der Waals surface area contributed by atoms with Gasteiger partial charge in [0.2, 0.25) is 5.91 Å². The molecule has 26 heavy (non-hydrogen) atoms. The number of fused-ring (bicyclic) bond motifs is 1. The SMILES string of the molecule is O=C(CSc1ncnc2sc(-c3ccccc3)cc12)Nc1ccccc1. The van der Waals surface area contributed by atoms with Crippen LogP contribution in [0.2, 0.25) is 0 Å². The summed E-state index contributed by atoms with van der Waals surface area (Å²) in [4.78, 5) is 23.0. The second-order valence-electron chi connectivity index (χ2n) is 5.58. The van der Waals surface area contributed by atoms with Gasteiger partial charge < -0.3 is 5.32 Å². The van der Waals surface area contributed by atoms with Gasteiger partial charge in [-0.05, 0) is 23.8 Å². The summed E-state index contributed by atoms with van der Waals surface area (Å²) in [6.07, 6.45) is 1.56. The fourth-order valence-corrected chi connectivity index (χ4v) is 4.39. The molecule has 2 aromatic heterocycles. The number of para-hydroxylation sites is 1. The van der Waals surface area contributed by atoms with E-state index in [0.717, 1.165) is 31.4 Å². The number of amides is 1. The molecule has 0 fully saturated rings. The second kappa shape index (κ2) is 7.68. The smallest absolute Gasteiger partial charge is 0.234 e. The van der Waals surface area contributed by atoms with Gasteiger partial charge in [0.1, 0.15) is 16.2 Å². The van der Waals surface area contributed by atoms with Crippen LogP contribution >= 0.6 is 23.1 Å². The van der Waals surface area contributed by atoms with Crippen LogP contribution < -0.4 is 5.32 Å². The largest absolute Gasteiger partial charge is 0.325 e. The summed E-state index contributed by atoms with van der Waals surface area (Å²) in [6.45, 7) is 0. The first-order valence-corrected chi connectivity index (χ1v) is 9.87. The standard InChI is InChI=1S/C20H15N3OS2/c24-18(23-15-9-5-2-6-10-15)12-25-19-16-11-17(14-7-3-1-4-8-14)26-20(16)22-13-21-19/h1-11,13H,12H2,(H,23,24). The van der Waals surface area contributed by atoms with Crippen LogP contribution in [0.4, 0.5) is 5.69 Å². The van der Waals surface area contributed by atoms with Gasteiger partial charge in [0.15, 0.2) is 0 Å². The monoisotopic (exact) mass is 377 g/mol. The Morgan fingerprint density at radius 1 is 1.00 bits per heavy atom. The highest BCUT2D eigenvalue weighted by atomic mass is 32.2. The number of thiophene rings is 1. The predicted octanol–water partition coefficient (Wildman–Crippen LogP) is 5.09. The third-order valence-corrected chi connectivity index (χ3v) is 5.85. The molecule has 0 saturated heterocycles. The zero-order valence-corrected chi connectivity index (χ0v) is 15.4. The summed E-state index contributed by atoms with van der Waals surface area (Å²) in [5, 5.41) is 4.72. The number of hydrogen-bond acceptors (Lipinski definition) is 5. The molecule has 4 aromatic rings. The molecule has 0 aliphatic rings. The lowest BCUT2D eigenvalue weighted by Crippen LogP contribution is -2.13. The number of nitrogens with zero attached hydrogens (tertiary/aromatic N) is 2. The van der Waals surface area contributed by atoms with Gasteiger partial charge >= 0.3 is 0 Å². The first kappa shape index (κ1) is 16.8. The number of anilines is 1. The van der Waals surface area contributed by atoms with E-state index >= 15 is 0 Å². The van der Waals surface area contributed by atoms with Crippen molar-refractivity contribution in [1.82, 2.24) is 9.97 Å². The molecule has 0 saturated carbocycles. The average molecular weight is 377 g/mol. The Balaban J connectivity index is 1.51. The minimum absolute atomic E-state index is 0.0496. The maximum Gasteiger partial charge on any atom is 0.234 e. The fourth-order valence-electron chi connectivity index (χ4n) is 2.55. The molecular formula is C20H15N3OS2. The highest BCUT2D eigenvalue weighted by molar-refractivity contribution is 8.00. The van der Waals surface area contributed by atoms with E-state index in [1.807, 2.05) is 48.5 Å². The van der Waals surface area contributed by atoms with Crippen molar-refractivity contribution in [1.29, 1.82) is 0 Å². The Morgan fingerprint density at radius 2 is 1.73 bits per heavy atom. The van der Waals surface area contributed by atoms with E-state index in [9.17, 15) is 4.79 Å². The van der Waals surface area contributed by atoms with E-state index in [1.165, 1.54) is 11.8 Å². The molecule has 0 atom stereocenters. The third kappa shape index (κ3) is 3.76. The molecule has 1 amide bonds. The molecule has 6 heteroatoms. The van der Waals surface area contributed by atoms with Gasteiger partial charge in [-0.3, -0.25) is 4.79 Å². The molecule has 2 aromatic carbocycles. The van der Waals surface area contributed by atoms with Gasteiger partial charge in [-0.2, -0.15) is 0 Å². The van der Waals surface area contributed by atoms with Crippen molar-refractivity contribution in [3.63, 3.8) is 0 Å². The maximum atomic E-state index is 12.2. The van der Waals surface area contributed by atoms with Crippen LogP contribution in [0.3, 0.4) is 0 Å². The first-order chi connectivity index (χ1) is 12.8. The molecule has 0 aliphatic carbocycles. The lowest BCUT2D eigenvalue weighted by molar-refractivity contribution is -0.113. The summed E-state index contributed by atoms with van der Waals surface area (Å²) in [5.74, 6) is 0.254. The fraction of sp³-hybridized carbons (Fsp3) is 0.0500. The van der Waals surface area contributed by atoms with Gasteiger partial charge in [-0.25, -0.2) is 9.97 Å². The molecule has 0 radical (unpaired) electrons. The van der Waals surface area contributed by atoms with Crippen LogP contribution in [0.1, 0.15) is 0 Å². The van der Waals surface area contributed by atoms with Crippen molar-refractivity contribution in [2.45, 2.75) is 5.03 Å². The summed E-state index contributed by atoms with van der Waals surface area (Å²) in [7, 11) is 0. The Bertz CT molecular complexity index is 1030. The molecule has 0 aliphatic heterocycles. The minimum Gasteiger partial charge on any atom is -0.325 e. The van der Waals surface area contributed by atoms with Crippen molar-refractivity contribution in [2.24, 2.45) is 0 Å². The van der Waals surface area contributed by atoms with Gasteiger partial charge in [-0.15, -0.1) is 11.3 Å². The maximum absolute atomic E-state index is 12.2. The highest BCUT2D eigenvalue weighted by Crippen LogP contribution is 2.36. The van der Waals surface area contributed by atoms with Crippen LogP contribution in [-0.4, -0.2) is 21.6 Å². The van der Waals surface area contributed by atoms with Crippen molar-refractivity contribution >= 4 is 44.9 Å². The van der Waals surface area contributed by atoms with Crippen molar-refractivity contribution in [2.75, 3.05) is 11.1 Å². The van der Waals surface area contributed by atoms with Crippen LogP contribution in [0.25, 0.3) is 20.7 Å². The van der Waals surface area contributed by atoms with E-state index in [4.69, 9.17) is 0 Å². The first-order valence-electron chi connectivity index (χ1n) is 8.07. The molecule has 128 valence electrons. The van der Waals surface area contributed by atoms with Crippen LogP contribution in [-0.2, 0) is 4.79 Å². The topological polar surface area (TPSA) is 54.9 Å².